The minimum absolute atomic E-state index is 0.0270. The van der Waals surface area contributed by atoms with Crippen LogP contribution in [0.3, 0.4) is 0 Å². The molecule has 0 rings (SSSR count). The van der Waals surface area contributed by atoms with E-state index in [0.29, 0.717) is 38.5 Å². The molecular weight excluding hydrogens is 666 g/mol. The molecule has 0 aliphatic carbocycles. The second-order valence-electron chi connectivity index (χ2n) is 13.6. The molecule has 0 aromatic rings. The Morgan fingerprint density at radius 1 is 0.620 bits per heavy atom. The largest absolute Gasteiger partial charge is 0.481 e. The summed E-state index contributed by atoms with van der Waals surface area (Å²) in [5, 5.41) is 67.8. The number of aliphatic hydroxyl groups is 3. The van der Waals surface area contributed by atoms with Crippen LogP contribution in [0, 0.1) is 23.7 Å². The average molecular weight is 726 g/mol. The van der Waals surface area contributed by atoms with Crippen molar-refractivity contribution in [2.24, 2.45) is 29.4 Å². The van der Waals surface area contributed by atoms with Crippen LogP contribution in [0.1, 0.15) is 118 Å². The maximum atomic E-state index is 13.0. The quantitative estimate of drug-likeness (QED) is 0.0312. The Kier molecular flexibility index (Phi) is 23.1. The van der Waals surface area contributed by atoms with Gasteiger partial charge >= 0.3 is 35.8 Å². The number of unbranched alkanes of at least 4 members (excludes halogenated alkanes) is 2. The van der Waals surface area contributed by atoms with E-state index in [1.807, 2.05) is 6.92 Å². The number of aliphatic carboxylic acids is 4. The molecule has 0 fully saturated rings. The molecule has 16 heteroatoms. The lowest BCUT2D eigenvalue weighted by Crippen LogP contribution is -2.42. The second-order valence-corrected chi connectivity index (χ2v) is 13.6. The maximum Gasteiger partial charge on any atom is 0.307 e. The smallest absolute Gasteiger partial charge is 0.307 e. The zero-order valence-corrected chi connectivity index (χ0v) is 29.6. The summed E-state index contributed by atoms with van der Waals surface area (Å²) in [6.07, 6.45) is -3.74. The molecule has 0 radical (unpaired) electrons. The van der Waals surface area contributed by atoms with Crippen molar-refractivity contribution in [1.29, 1.82) is 0 Å². The van der Waals surface area contributed by atoms with Crippen molar-refractivity contribution < 1.29 is 74.0 Å². The van der Waals surface area contributed by atoms with Gasteiger partial charge in [0.25, 0.3) is 0 Å². The predicted molar refractivity (Wildman–Crippen MR) is 178 cm³/mol. The highest BCUT2D eigenvalue weighted by Gasteiger charge is 2.37. The second kappa shape index (κ2) is 24.7. The maximum absolute atomic E-state index is 13.0. The Morgan fingerprint density at radius 2 is 1.08 bits per heavy atom. The highest BCUT2D eigenvalue weighted by atomic mass is 16.6. The number of carboxylic acid groups (broad SMARTS) is 4. The Bertz CT molecular complexity index is 1070. The summed E-state index contributed by atoms with van der Waals surface area (Å²) >= 11 is 0. The van der Waals surface area contributed by atoms with Gasteiger partial charge in [-0.2, -0.15) is 0 Å². The van der Waals surface area contributed by atoms with Gasteiger partial charge in [-0.1, -0.05) is 46.5 Å². The molecule has 0 saturated carbocycles. The third kappa shape index (κ3) is 21.0. The zero-order valence-electron chi connectivity index (χ0n) is 29.6. The van der Waals surface area contributed by atoms with Crippen molar-refractivity contribution in [3.63, 3.8) is 0 Å². The zero-order chi connectivity index (χ0) is 38.6. The van der Waals surface area contributed by atoms with Crippen LogP contribution in [0.5, 0.6) is 0 Å². The number of aliphatic hydroxyl groups excluding tert-OH is 3. The van der Waals surface area contributed by atoms with Crippen molar-refractivity contribution in [1.82, 2.24) is 0 Å². The molecule has 0 spiro atoms. The molecule has 0 amide bonds. The summed E-state index contributed by atoms with van der Waals surface area (Å²) in [5.41, 5.74) is 5.63. The molecule has 0 saturated heterocycles. The first-order valence-corrected chi connectivity index (χ1v) is 17.3. The molecule has 50 heavy (non-hydrogen) atoms. The van der Waals surface area contributed by atoms with Crippen LogP contribution >= 0.6 is 0 Å². The minimum atomic E-state index is -1.59. The fraction of sp³-hybridized carbons (Fsp3) is 0.824. The Hall–Kier alpha value is -3.34. The first kappa shape index (κ1) is 46.7. The van der Waals surface area contributed by atoms with Gasteiger partial charge in [-0.25, -0.2) is 0 Å². The highest BCUT2D eigenvalue weighted by Crippen LogP contribution is 2.29. The molecule has 0 unspecified atom stereocenters. The van der Waals surface area contributed by atoms with Gasteiger partial charge in [-0.15, -0.1) is 0 Å². The molecular formula is C34H59NO15. The Labute approximate surface area is 293 Å². The van der Waals surface area contributed by atoms with Crippen molar-refractivity contribution in [3.05, 3.63) is 0 Å². The van der Waals surface area contributed by atoms with E-state index in [-0.39, 0.29) is 25.2 Å². The number of nitrogens with two attached hydrogens (primary N) is 1. The molecule has 0 aromatic carbocycles. The molecule has 290 valence electrons. The lowest BCUT2D eigenvalue weighted by atomic mass is 9.87. The SMILES string of the molecule is CCCC[C@@H](C)[C@@H](OC(=O)C[C@@H]([13CH2][13C](=O)O)C(=O)O)[C@H](C[C@@H](C)C[C@H](O)CCCC[C@@H](O)C[C@H](O)[C@H](C)N)OC(=O)C[C@@H]([13CH2][13C](=O)O)C(=O)O. The third-order valence-electron chi connectivity index (χ3n) is 8.61. The van der Waals surface area contributed by atoms with Gasteiger partial charge in [0.1, 0.15) is 12.2 Å². The van der Waals surface area contributed by atoms with Gasteiger partial charge in [0, 0.05) is 12.5 Å². The minimum Gasteiger partial charge on any atom is -0.481 e. The number of carboxylic acids is 4. The number of hydrogen-bond acceptors (Lipinski definition) is 12. The molecule has 9 N–H and O–H groups in total. The monoisotopic (exact) mass is 725 g/mol. The van der Waals surface area contributed by atoms with Crippen molar-refractivity contribution in [3.8, 4) is 0 Å². The van der Waals surface area contributed by atoms with Crippen LogP contribution in [0.4, 0.5) is 0 Å². The van der Waals surface area contributed by atoms with Crippen LogP contribution in [-0.4, -0.2) is 108 Å². The van der Waals surface area contributed by atoms with Gasteiger partial charge in [0.2, 0.25) is 0 Å². The number of carbonyl (C=O) groups excluding carboxylic acids is 2. The van der Waals surface area contributed by atoms with Gasteiger partial charge in [-0.3, -0.25) is 28.8 Å². The fourth-order valence-electron chi connectivity index (χ4n) is 5.68. The molecule has 0 aromatic heterocycles. The van der Waals surface area contributed by atoms with Crippen LogP contribution in [0.15, 0.2) is 0 Å². The van der Waals surface area contributed by atoms with Crippen molar-refractivity contribution in [2.75, 3.05) is 0 Å². The first-order chi connectivity index (χ1) is 23.3. The molecule has 0 aliphatic rings. The molecule has 0 heterocycles. The molecule has 10 atom stereocenters. The molecule has 0 aliphatic heterocycles. The normalized spacial score (nSPS) is 17.5. The topological polar surface area (TPSA) is 289 Å². The number of rotatable bonds is 29. The lowest BCUT2D eigenvalue weighted by Gasteiger charge is -2.33. The van der Waals surface area contributed by atoms with Gasteiger partial charge in [-0.05, 0) is 50.9 Å². The standard InChI is InChI=1S/C34H59NO15/c1-5-6-9-20(3)32(50-31(44)17-23(34(47)48)15-29(41)42)27(49-30(43)16-22(33(45)46)14-28(39)40)13-19(2)12-24(36)10-7-8-11-25(37)18-26(38)21(4)35/h19-27,32,36-38H,5-18,35H2,1-4H3,(H,39,40)(H,41,42)(H,45,46)(H,47,48)/t19-,20+,21-,22+,23+,24+,25+,26-,27-,32+/m0/s1/i14+1,15+1,28+1,29+1. The van der Waals surface area contributed by atoms with E-state index in [1.165, 1.54) is 0 Å². The third-order valence-corrected chi connectivity index (χ3v) is 8.61. The van der Waals surface area contributed by atoms with Crippen LogP contribution < -0.4 is 5.73 Å². The summed E-state index contributed by atoms with van der Waals surface area (Å²) in [4.78, 5) is 71.6. The number of hydrogen-bond donors (Lipinski definition) is 8. The number of esters is 2. The average Bonchev–Trinajstić information content (AvgIpc) is 2.99. The van der Waals surface area contributed by atoms with Gasteiger partial charge < -0.3 is 51.0 Å². The van der Waals surface area contributed by atoms with Crippen molar-refractivity contribution >= 4 is 35.8 Å². The van der Waals surface area contributed by atoms with E-state index in [0.717, 1.165) is 6.42 Å². The van der Waals surface area contributed by atoms with E-state index in [1.54, 1.807) is 20.8 Å². The first-order valence-electron chi connectivity index (χ1n) is 17.3. The van der Waals surface area contributed by atoms with Gasteiger partial charge in [0.15, 0.2) is 0 Å². The summed E-state index contributed by atoms with van der Waals surface area (Å²) in [6, 6.07) is -0.476. The summed E-state index contributed by atoms with van der Waals surface area (Å²) in [7, 11) is 0. The summed E-state index contributed by atoms with van der Waals surface area (Å²) < 4.78 is 11.4. The fourth-order valence-corrected chi connectivity index (χ4v) is 5.68. The van der Waals surface area contributed by atoms with E-state index in [2.05, 4.69) is 0 Å². The number of carbonyl (C=O) groups is 6. The predicted octanol–water partition coefficient (Wildman–Crippen LogP) is 2.56. The summed E-state index contributed by atoms with van der Waals surface area (Å²) in [5.74, 6) is -12.0. The van der Waals surface area contributed by atoms with Gasteiger partial charge in [0.05, 0.1) is 55.8 Å². The van der Waals surface area contributed by atoms with Crippen LogP contribution in [0.2, 0.25) is 0 Å². The lowest BCUT2D eigenvalue weighted by molar-refractivity contribution is -0.177. The Balaban J connectivity index is 5.98. The molecule has 0 bridgehead atoms. The summed E-state index contributed by atoms with van der Waals surface area (Å²) in [6.45, 7) is 7.06. The van der Waals surface area contributed by atoms with E-state index in [9.17, 15) is 54.3 Å². The van der Waals surface area contributed by atoms with Crippen LogP contribution in [-0.2, 0) is 38.2 Å². The van der Waals surface area contributed by atoms with Crippen molar-refractivity contribution in [2.45, 2.75) is 154 Å². The van der Waals surface area contributed by atoms with Crippen LogP contribution in [0.25, 0.3) is 0 Å². The highest BCUT2D eigenvalue weighted by molar-refractivity contribution is 5.83. The van der Waals surface area contributed by atoms with E-state index in [4.69, 9.17) is 25.4 Å². The van der Waals surface area contributed by atoms with E-state index >= 15 is 0 Å². The molecule has 16 nitrogen and oxygen atoms in total. The van der Waals surface area contributed by atoms with E-state index < -0.39 is 116 Å². The Morgan fingerprint density at radius 3 is 1.50 bits per heavy atom. The number of ether oxygens (including phenoxy) is 2.